The molecule has 0 amide bonds. The van der Waals surface area contributed by atoms with Gasteiger partial charge >= 0.3 is 0 Å². The molecule has 0 unspecified atom stereocenters. The van der Waals surface area contributed by atoms with Crippen molar-refractivity contribution in [3.8, 4) is 0 Å². The molecule has 2 nitrogen and oxygen atoms in total. The normalized spacial score (nSPS) is 18.6. The zero-order chi connectivity index (χ0) is 11.8. The summed E-state index contributed by atoms with van der Waals surface area (Å²) in [5.74, 6) is 0. The molecule has 0 atom stereocenters. The summed E-state index contributed by atoms with van der Waals surface area (Å²) < 4.78 is 1.13. The van der Waals surface area contributed by atoms with Gasteiger partial charge in [-0.15, -0.1) is 0 Å². The Labute approximate surface area is 99.1 Å². The van der Waals surface area contributed by atoms with E-state index in [0.29, 0.717) is 0 Å². The summed E-state index contributed by atoms with van der Waals surface area (Å²) in [7, 11) is 8.88. The highest BCUT2D eigenvalue weighted by atomic mass is 15.3. The maximum Gasteiger partial charge on any atom is 0.104 e. The summed E-state index contributed by atoms with van der Waals surface area (Å²) in [5.41, 5.74) is 4.55. The van der Waals surface area contributed by atoms with Gasteiger partial charge in [0.05, 0.1) is 20.6 Å². The van der Waals surface area contributed by atoms with Crippen molar-refractivity contribution in [2.45, 2.75) is 19.5 Å². The molecule has 0 spiro atoms. The molecule has 88 valence electrons. The van der Waals surface area contributed by atoms with E-state index in [-0.39, 0.29) is 0 Å². The molecule has 1 aromatic carbocycles. The van der Waals surface area contributed by atoms with Gasteiger partial charge in [0.25, 0.3) is 0 Å². The number of rotatable bonds is 2. The van der Waals surface area contributed by atoms with Crippen molar-refractivity contribution in [1.29, 1.82) is 0 Å². The maximum atomic E-state index is 2.40. The van der Waals surface area contributed by atoms with E-state index in [9.17, 15) is 0 Å². The number of hydrogen-bond donors (Lipinski definition) is 0. The van der Waals surface area contributed by atoms with Crippen LogP contribution in [0.15, 0.2) is 18.2 Å². The second-order valence-corrected chi connectivity index (χ2v) is 5.91. The maximum absolute atomic E-state index is 2.40. The molecular formula is C14H23N2+. The summed E-state index contributed by atoms with van der Waals surface area (Å²) in [6.45, 7) is 3.49. The fraction of sp³-hybridized carbons (Fsp3) is 0.571. The van der Waals surface area contributed by atoms with Crippen LogP contribution in [0.5, 0.6) is 0 Å². The molecular weight excluding hydrogens is 196 g/mol. The lowest BCUT2D eigenvalue weighted by atomic mass is 9.96. The quantitative estimate of drug-likeness (QED) is 0.687. The Morgan fingerprint density at radius 3 is 2.62 bits per heavy atom. The Bertz CT molecular complexity index is 380. The lowest BCUT2D eigenvalue weighted by Crippen LogP contribution is -2.43. The van der Waals surface area contributed by atoms with Crippen LogP contribution in [0.2, 0.25) is 0 Å². The fourth-order valence-corrected chi connectivity index (χ4v) is 2.49. The second-order valence-electron chi connectivity index (χ2n) is 5.91. The molecule has 1 heterocycles. The third-order valence-electron chi connectivity index (χ3n) is 3.35. The van der Waals surface area contributed by atoms with Crippen LogP contribution in [0.3, 0.4) is 0 Å². The minimum Gasteiger partial charge on any atom is -0.324 e. The third-order valence-corrected chi connectivity index (χ3v) is 3.35. The van der Waals surface area contributed by atoms with E-state index in [1.165, 1.54) is 25.1 Å². The SMILES string of the molecule is CN(C)Cc1ccc2c(c1)CC[N+](C)(C)C2. The fourth-order valence-electron chi connectivity index (χ4n) is 2.49. The van der Waals surface area contributed by atoms with Crippen LogP contribution in [0.1, 0.15) is 16.7 Å². The summed E-state index contributed by atoms with van der Waals surface area (Å²) >= 11 is 0. The molecule has 2 rings (SSSR count). The highest BCUT2D eigenvalue weighted by Gasteiger charge is 2.23. The van der Waals surface area contributed by atoms with Crippen LogP contribution >= 0.6 is 0 Å². The number of quaternary nitrogens is 1. The average Bonchev–Trinajstić information content (AvgIpc) is 2.16. The first-order valence-corrected chi connectivity index (χ1v) is 6.04. The van der Waals surface area contributed by atoms with Crippen LogP contribution in [0, 0.1) is 0 Å². The molecule has 1 aliphatic rings. The molecule has 0 radical (unpaired) electrons. The number of fused-ring (bicyclic) bond motifs is 1. The standard InChI is InChI=1S/C14H23N2/c1-15(2)10-12-5-6-14-11-16(3,4)8-7-13(14)9-12/h5-6,9H,7-8,10-11H2,1-4H3/q+1. The number of hydrogen-bond acceptors (Lipinski definition) is 1. The van der Waals surface area contributed by atoms with Gasteiger partial charge in [-0.25, -0.2) is 0 Å². The molecule has 0 saturated heterocycles. The summed E-state index contributed by atoms with van der Waals surface area (Å²) in [5, 5.41) is 0. The Morgan fingerprint density at radius 2 is 1.94 bits per heavy atom. The Balaban J connectivity index is 2.21. The monoisotopic (exact) mass is 219 g/mol. The molecule has 2 heteroatoms. The molecule has 0 N–H and O–H groups in total. The Hall–Kier alpha value is -0.860. The van der Waals surface area contributed by atoms with Gasteiger partial charge in [0.1, 0.15) is 6.54 Å². The predicted molar refractivity (Wildman–Crippen MR) is 68.2 cm³/mol. The van der Waals surface area contributed by atoms with Crippen molar-refractivity contribution in [2.75, 3.05) is 34.7 Å². The van der Waals surface area contributed by atoms with Crippen LogP contribution in [0.4, 0.5) is 0 Å². The first-order valence-electron chi connectivity index (χ1n) is 6.04. The zero-order valence-electron chi connectivity index (χ0n) is 11.0. The smallest absolute Gasteiger partial charge is 0.104 e. The second kappa shape index (κ2) is 4.19. The summed E-state index contributed by atoms with van der Waals surface area (Å²) in [6, 6.07) is 7.01. The van der Waals surface area contributed by atoms with E-state index < -0.39 is 0 Å². The van der Waals surface area contributed by atoms with Gasteiger partial charge in [0, 0.05) is 18.5 Å². The van der Waals surface area contributed by atoms with E-state index in [2.05, 4.69) is 51.3 Å². The highest BCUT2D eigenvalue weighted by molar-refractivity contribution is 5.32. The van der Waals surface area contributed by atoms with Gasteiger partial charge in [-0.3, -0.25) is 0 Å². The zero-order valence-corrected chi connectivity index (χ0v) is 11.0. The first-order chi connectivity index (χ1) is 7.46. The minimum atomic E-state index is 1.05. The predicted octanol–water partition coefficient (Wildman–Crippen LogP) is 1.88. The van der Waals surface area contributed by atoms with E-state index in [0.717, 1.165) is 11.0 Å². The average molecular weight is 219 g/mol. The summed E-state index contributed by atoms with van der Waals surface area (Å²) in [6.07, 6.45) is 1.23. The van der Waals surface area contributed by atoms with E-state index in [1.54, 1.807) is 11.1 Å². The van der Waals surface area contributed by atoms with Gasteiger partial charge in [0.15, 0.2) is 0 Å². The van der Waals surface area contributed by atoms with Crippen molar-refractivity contribution in [3.63, 3.8) is 0 Å². The number of likely N-dealkylation sites (N-methyl/N-ethyl adjacent to an activating group) is 1. The first kappa shape index (κ1) is 11.6. The van der Waals surface area contributed by atoms with Crippen molar-refractivity contribution in [1.82, 2.24) is 4.90 Å². The van der Waals surface area contributed by atoms with E-state index >= 15 is 0 Å². The van der Waals surface area contributed by atoms with Gasteiger partial charge in [-0.1, -0.05) is 18.2 Å². The topological polar surface area (TPSA) is 3.24 Å². The molecule has 0 fully saturated rings. The molecule has 0 saturated carbocycles. The van der Waals surface area contributed by atoms with Gasteiger partial charge in [-0.05, 0) is 25.2 Å². The minimum absolute atomic E-state index is 1.05. The van der Waals surface area contributed by atoms with E-state index in [1.807, 2.05) is 0 Å². The summed E-state index contributed by atoms with van der Waals surface area (Å²) in [4.78, 5) is 2.23. The molecule has 0 bridgehead atoms. The van der Waals surface area contributed by atoms with Crippen LogP contribution in [-0.4, -0.2) is 44.1 Å². The van der Waals surface area contributed by atoms with Crippen molar-refractivity contribution < 1.29 is 4.48 Å². The van der Waals surface area contributed by atoms with Gasteiger partial charge < -0.3 is 9.38 Å². The van der Waals surface area contributed by atoms with Gasteiger partial charge in [-0.2, -0.15) is 0 Å². The molecule has 0 aromatic heterocycles. The third kappa shape index (κ3) is 2.63. The van der Waals surface area contributed by atoms with Gasteiger partial charge in [0.2, 0.25) is 0 Å². The van der Waals surface area contributed by atoms with Crippen molar-refractivity contribution in [3.05, 3.63) is 34.9 Å². The Morgan fingerprint density at radius 1 is 1.19 bits per heavy atom. The lowest BCUT2D eigenvalue weighted by molar-refractivity contribution is -0.905. The van der Waals surface area contributed by atoms with Crippen molar-refractivity contribution >= 4 is 0 Å². The lowest BCUT2D eigenvalue weighted by Gasteiger charge is -2.35. The Kier molecular flexibility index (Phi) is 3.04. The highest BCUT2D eigenvalue weighted by Crippen LogP contribution is 2.23. The van der Waals surface area contributed by atoms with E-state index in [4.69, 9.17) is 0 Å². The molecule has 16 heavy (non-hydrogen) atoms. The number of benzene rings is 1. The van der Waals surface area contributed by atoms with Crippen LogP contribution in [-0.2, 0) is 19.5 Å². The largest absolute Gasteiger partial charge is 0.324 e. The van der Waals surface area contributed by atoms with Crippen molar-refractivity contribution in [2.24, 2.45) is 0 Å². The molecule has 1 aliphatic heterocycles. The molecule has 0 aliphatic carbocycles. The molecule has 1 aromatic rings. The van der Waals surface area contributed by atoms with Crippen LogP contribution in [0.25, 0.3) is 0 Å². The van der Waals surface area contributed by atoms with Crippen LogP contribution < -0.4 is 0 Å². The number of nitrogens with zero attached hydrogens (tertiary/aromatic N) is 2.